The van der Waals surface area contributed by atoms with Crippen molar-refractivity contribution >= 4 is 0 Å². The summed E-state index contributed by atoms with van der Waals surface area (Å²) in [5.74, 6) is 0. The van der Waals surface area contributed by atoms with Crippen LogP contribution >= 0.6 is 0 Å². The Kier molecular flexibility index (Phi) is 9.71. The summed E-state index contributed by atoms with van der Waals surface area (Å²) in [5, 5.41) is 0. The highest BCUT2D eigenvalue weighted by molar-refractivity contribution is 5.71. The number of benzene rings is 4. The van der Waals surface area contributed by atoms with E-state index >= 15 is 0 Å². The second-order valence-electron chi connectivity index (χ2n) is 18.4. The van der Waals surface area contributed by atoms with Crippen molar-refractivity contribution in [3.8, 4) is 22.3 Å². The van der Waals surface area contributed by atoms with E-state index in [0.717, 1.165) is 0 Å². The lowest BCUT2D eigenvalue weighted by Crippen LogP contribution is -2.36. The topological polar surface area (TPSA) is 8.81 Å². The highest BCUT2D eigenvalue weighted by atomic mass is 15.1. The molecular formula is C47H61N2+. The monoisotopic (exact) mass is 653 g/mol. The van der Waals surface area contributed by atoms with Crippen LogP contribution in [0, 0.1) is 0 Å². The van der Waals surface area contributed by atoms with Gasteiger partial charge in [-0.05, 0) is 80.0 Å². The Morgan fingerprint density at radius 2 is 0.857 bits per heavy atom. The van der Waals surface area contributed by atoms with Gasteiger partial charge in [-0.1, -0.05) is 168 Å². The summed E-state index contributed by atoms with van der Waals surface area (Å²) in [7, 11) is 0. The van der Waals surface area contributed by atoms with Gasteiger partial charge in [-0.3, -0.25) is 0 Å². The van der Waals surface area contributed by atoms with Gasteiger partial charge in [0.1, 0.15) is 24.5 Å². The van der Waals surface area contributed by atoms with Gasteiger partial charge in [0.05, 0.1) is 0 Å². The standard InChI is InChI=1S/C47H61N2/c1-32(40-19-15-17-21-42(40)34-25-36(44(3,4)5)29-37(26-34)45(6,7)8)48-23-24-49(31-48)33(2)41-20-16-18-22-43(41)35-27-38(46(9,10)11)30-39(28-35)47(12,13)14/h15-33H,1-14H3/q+1/t32-,33-/m1/s1. The van der Waals surface area contributed by atoms with Crippen LogP contribution in [0.4, 0.5) is 0 Å². The molecule has 0 radical (unpaired) electrons. The molecule has 49 heavy (non-hydrogen) atoms. The smallest absolute Gasteiger partial charge is 0.230 e. The molecule has 0 aliphatic carbocycles. The predicted molar refractivity (Wildman–Crippen MR) is 211 cm³/mol. The molecule has 2 atom stereocenters. The highest BCUT2D eigenvalue weighted by Crippen LogP contribution is 2.38. The maximum Gasteiger partial charge on any atom is 0.244 e. The lowest BCUT2D eigenvalue weighted by atomic mass is 9.78. The maximum absolute atomic E-state index is 2.41. The number of hydrogen-bond donors (Lipinski definition) is 0. The van der Waals surface area contributed by atoms with E-state index in [1.165, 1.54) is 55.6 Å². The fourth-order valence-electron chi connectivity index (χ4n) is 6.71. The normalized spacial score (nSPS) is 14.2. The van der Waals surface area contributed by atoms with Crippen LogP contribution in [0.2, 0.25) is 0 Å². The van der Waals surface area contributed by atoms with E-state index in [4.69, 9.17) is 0 Å². The number of imidazole rings is 1. The highest BCUT2D eigenvalue weighted by Gasteiger charge is 2.26. The first-order chi connectivity index (χ1) is 22.6. The summed E-state index contributed by atoms with van der Waals surface area (Å²) in [6, 6.07) is 32.7. The Morgan fingerprint density at radius 1 is 0.490 bits per heavy atom. The fraction of sp³-hybridized carbons (Fsp3) is 0.426. The molecule has 0 saturated carbocycles. The van der Waals surface area contributed by atoms with E-state index < -0.39 is 0 Å². The molecule has 2 heteroatoms. The van der Waals surface area contributed by atoms with Crippen molar-refractivity contribution < 1.29 is 4.57 Å². The SMILES string of the molecule is C[C@H](c1ccccc1-c1cc(C(C)(C)C)cc(C(C)(C)C)c1)n1cc[n+]([C@H](C)c2ccccc2-c2cc(C(C)(C)C)cc(C(C)(C)C)c2)c1. The molecular weight excluding hydrogens is 593 g/mol. The first kappa shape index (κ1) is 36.4. The van der Waals surface area contributed by atoms with Crippen LogP contribution in [0.5, 0.6) is 0 Å². The number of hydrogen-bond acceptors (Lipinski definition) is 0. The molecule has 4 aromatic carbocycles. The zero-order valence-corrected chi connectivity index (χ0v) is 32.9. The minimum atomic E-state index is 0.0668. The maximum atomic E-state index is 2.41. The van der Waals surface area contributed by atoms with E-state index in [2.05, 4.69) is 210 Å². The molecule has 0 bridgehead atoms. The summed E-state index contributed by atoms with van der Waals surface area (Å²) in [4.78, 5) is 0. The molecule has 5 rings (SSSR count). The van der Waals surface area contributed by atoms with E-state index in [0.29, 0.717) is 0 Å². The third kappa shape index (κ3) is 7.95. The molecule has 0 unspecified atom stereocenters. The molecule has 0 spiro atoms. The Morgan fingerprint density at radius 3 is 1.27 bits per heavy atom. The van der Waals surface area contributed by atoms with Gasteiger partial charge in [-0.2, -0.15) is 0 Å². The molecule has 0 saturated heterocycles. The molecule has 0 aliphatic heterocycles. The van der Waals surface area contributed by atoms with Crippen LogP contribution in [0.25, 0.3) is 22.3 Å². The average molecular weight is 654 g/mol. The third-order valence-electron chi connectivity index (χ3n) is 10.3. The molecule has 1 aromatic heterocycles. The van der Waals surface area contributed by atoms with Crippen molar-refractivity contribution in [2.45, 2.75) is 131 Å². The van der Waals surface area contributed by atoms with Crippen LogP contribution in [-0.2, 0) is 21.7 Å². The van der Waals surface area contributed by atoms with Gasteiger partial charge in [-0.25, -0.2) is 9.13 Å². The average Bonchev–Trinajstić information content (AvgIpc) is 3.52. The van der Waals surface area contributed by atoms with Gasteiger partial charge >= 0.3 is 0 Å². The van der Waals surface area contributed by atoms with Crippen LogP contribution in [0.1, 0.15) is 142 Å². The molecule has 258 valence electrons. The summed E-state index contributed by atoms with van der Waals surface area (Å²) in [6.07, 6.45) is 6.77. The van der Waals surface area contributed by atoms with Crippen molar-refractivity contribution in [3.05, 3.63) is 137 Å². The molecule has 0 fully saturated rings. The van der Waals surface area contributed by atoms with E-state index in [1.807, 2.05) is 0 Å². The predicted octanol–water partition coefficient (Wildman–Crippen LogP) is 12.5. The van der Waals surface area contributed by atoms with Gasteiger partial charge in [-0.15, -0.1) is 0 Å². The second kappa shape index (κ2) is 13.1. The second-order valence-corrected chi connectivity index (χ2v) is 18.4. The minimum Gasteiger partial charge on any atom is -0.230 e. The lowest BCUT2D eigenvalue weighted by molar-refractivity contribution is -0.709. The quantitative estimate of drug-likeness (QED) is 0.161. The van der Waals surface area contributed by atoms with Crippen LogP contribution < -0.4 is 4.57 Å². The van der Waals surface area contributed by atoms with Crippen LogP contribution in [0.3, 0.4) is 0 Å². The first-order valence-corrected chi connectivity index (χ1v) is 18.2. The molecule has 0 amide bonds. The Bertz CT molecular complexity index is 1720. The largest absolute Gasteiger partial charge is 0.244 e. The van der Waals surface area contributed by atoms with Crippen molar-refractivity contribution in [2.75, 3.05) is 0 Å². The number of rotatable bonds is 6. The van der Waals surface area contributed by atoms with Gasteiger partial charge in [0.2, 0.25) is 6.33 Å². The zero-order chi connectivity index (χ0) is 36.1. The summed E-state index contributed by atoms with van der Waals surface area (Å²) in [5.41, 5.74) is 13.7. The van der Waals surface area contributed by atoms with Gasteiger partial charge < -0.3 is 0 Å². The van der Waals surface area contributed by atoms with Crippen molar-refractivity contribution in [3.63, 3.8) is 0 Å². The number of aromatic nitrogens is 2. The van der Waals surface area contributed by atoms with E-state index in [-0.39, 0.29) is 33.7 Å². The summed E-state index contributed by atoms with van der Waals surface area (Å²) >= 11 is 0. The Labute approximate surface area is 298 Å². The third-order valence-corrected chi connectivity index (χ3v) is 10.3. The lowest BCUT2D eigenvalue weighted by Gasteiger charge is -2.27. The fourth-order valence-corrected chi connectivity index (χ4v) is 6.71. The van der Waals surface area contributed by atoms with Crippen molar-refractivity contribution in [1.82, 2.24) is 4.57 Å². The molecule has 2 nitrogen and oxygen atoms in total. The molecule has 0 aliphatic rings. The van der Waals surface area contributed by atoms with Gasteiger partial charge in [0, 0.05) is 11.1 Å². The molecule has 1 heterocycles. The molecule has 5 aromatic rings. The zero-order valence-electron chi connectivity index (χ0n) is 32.9. The van der Waals surface area contributed by atoms with Gasteiger partial charge in [0.15, 0.2) is 0 Å². The molecule has 0 N–H and O–H groups in total. The van der Waals surface area contributed by atoms with Crippen molar-refractivity contribution in [2.24, 2.45) is 0 Å². The summed E-state index contributed by atoms with van der Waals surface area (Å²) in [6.45, 7) is 32.4. The van der Waals surface area contributed by atoms with Crippen LogP contribution in [0.15, 0.2) is 104 Å². The number of nitrogens with zero attached hydrogens (tertiary/aromatic N) is 2. The minimum absolute atomic E-state index is 0.0668. The Hall–Kier alpha value is -3.91. The van der Waals surface area contributed by atoms with E-state index in [9.17, 15) is 0 Å². The Balaban J connectivity index is 1.54. The van der Waals surface area contributed by atoms with Gasteiger partial charge in [0.25, 0.3) is 0 Å². The van der Waals surface area contributed by atoms with Crippen LogP contribution in [-0.4, -0.2) is 4.57 Å². The van der Waals surface area contributed by atoms with Crippen molar-refractivity contribution in [1.29, 1.82) is 0 Å². The first-order valence-electron chi connectivity index (χ1n) is 18.2. The summed E-state index contributed by atoms with van der Waals surface area (Å²) < 4.78 is 4.74. The van der Waals surface area contributed by atoms with E-state index in [1.54, 1.807) is 0 Å².